The van der Waals surface area contributed by atoms with Crippen molar-refractivity contribution in [3.05, 3.63) is 0 Å². The molecule has 3 rings (SSSR count). The van der Waals surface area contributed by atoms with Gasteiger partial charge in [-0.25, -0.2) is 0 Å². The SMILES string of the molecule is S=C(NN=C1CCCC1)N[C@H]1C[C@@H]2CC[C@H]1C2. The molecule has 0 aromatic heterocycles. The Morgan fingerprint density at radius 2 is 2.00 bits per heavy atom. The van der Waals surface area contributed by atoms with Crippen LogP contribution in [0.1, 0.15) is 51.4 Å². The molecular weight excluding hydrogens is 230 g/mol. The van der Waals surface area contributed by atoms with Crippen molar-refractivity contribution in [1.29, 1.82) is 0 Å². The average molecular weight is 251 g/mol. The maximum absolute atomic E-state index is 5.31. The van der Waals surface area contributed by atoms with Crippen molar-refractivity contribution in [2.75, 3.05) is 0 Å². The standard InChI is InChI=1S/C13H21N3S/c17-13(16-15-11-3-1-2-4-11)14-12-8-9-5-6-10(12)7-9/h9-10,12H,1-8H2,(H2,14,16,17)/t9-,10+,12+/m1/s1. The summed E-state index contributed by atoms with van der Waals surface area (Å²) in [5.41, 5.74) is 4.30. The minimum atomic E-state index is 0.609. The fourth-order valence-electron chi connectivity index (χ4n) is 3.65. The molecular formula is C13H21N3S. The Kier molecular flexibility index (Phi) is 3.32. The summed E-state index contributed by atoms with van der Waals surface area (Å²) < 4.78 is 0. The highest BCUT2D eigenvalue weighted by atomic mass is 32.1. The van der Waals surface area contributed by atoms with Gasteiger partial charge in [-0.05, 0) is 69.0 Å². The van der Waals surface area contributed by atoms with Crippen molar-refractivity contribution in [3.63, 3.8) is 0 Å². The fraction of sp³-hybridized carbons (Fsp3) is 0.846. The molecule has 0 radical (unpaired) electrons. The third-order valence-electron chi connectivity index (χ3n) is 4.55. The molecule has 0 unspecified atom stereocenters. The van der Waals surface area contributed by atoms with E-state index in [1.807, 2.05) is 0 Å². The highest BCUT2D eigenvalue weighted by Gasteiger charge is 2.39. The van der Waals surface area contributed by atoms with E-state index in [0.717, 1.165) is 29.8 Å². The molecule has 94 valence electrons. The van der Waals surface area contributed by atoms with Crippen molar-refractivity contribution in [2.45, 2.75) is 57.4 Å². The zero-order chi connectivity index (χ0) is 11.7. The van der Waals surface area contributed by atoms with Crippen molar-refractivity contribution < 1.29 is 0 Å². The first kappa shape index (κ1) is 11.5. The second kappa shape index (κ2) is 4.92. The van der Waals surface area contributed by atoms with Gasteiger partial charge in [0.2, 0.25) is 0 Å². The molecule has 4 heteroatoms. The highest BCUT2D eigenvalue weighted by molar-refractivity contribution is 7.80. The van der Waals surface area contributed by atoms with Crippen LogP contribution in [0.5, 0.6) is 0 Å². The molecule has 2 N–H and O–H groups in total. The topological polar surface area (TPSA) is 36.4 Å². The Labute approximate surface area is 108 Å². The molecule has 3 nitrogen and oxygen atoms in total. The maximum Gasteiger partial charge on any atom is 0.187 e. The van der Waals surface area contributed by atoms with Crippen LogP contribution in [0.15, 0.2) is 5.10 Å². The summed E-state index contributed by atoms with van der Waals surface area (Å²) in [4.78, 5) is 0. The Morgan fingerprint density at radius 3 is 2.65 bits per heavy atom. The van der Waals surface area contributed by atoms with Crippen LogP contribution in [0.3, 0.4) is 0 Å². The highest BCUT2D eigenvalue weighted by Crippen LogP contribution is 2.44. The molecule has 0 saturated heterocycles. The Morgan fingerprint density at radius 1 is 1.18 bits per heavy atom. The number of nitrogens with one attached hydrogen (secondary N) is 2. The molecule has 3 saturated carbocycles. The van der Waals surface area contributed by atoms with Crippen LogP contribution in [0.4, 0.5) is 0 Å². The average Bonchev–Trinajstić information content (AvgIpc) is 3.03. The molecule has 0 aromatic rings. The molecule has 3 aliphatic carbocycles. The monoisotopic (exact) mass is 251 g/mol. The molecule has 3 atom stereocenters. The third kappa shape index (κ3) is 2.62. The van der Waals surface area contributed by atoms with Crippen molar-refractivity contribution in [1.82, 2.24) is 10.7 Å². The first-order chi connectivity index (χ1) is 8.31. The van der Waals surface area contributed by atoms with E-state index >= 15 is 0 Å². The molecule has 0 aliphatic heterocycles. The van der Waals surface area contributed by atoms with Crippen LogP contribution < -0.4 is 10.7 Å². The Bertz CT molecular complexity index is 332. The van der Waals surface area contributed by atoms with Gasteiger partial charge in [-0.1, -0.05) is 6.42 Å². The van der Waals surface area contributed by atoms with Crippen LogP contribution in [-0.2, 0) is 0 Å². The molecule has 17 heavy (non-hydrogen) atoms. The quantitative estimate of drug-likeness (QED) is 0.585. The maximum atomic E-state index is 5.31. The van der Waals surface area contributed by atoms with Crippen LogP contribution in [0.2, 0.25) is 0 Å². The van der Waals surface area contributed by atoms with Gasteiger partial charge < -0.3 is 5.32 Å². The van der Waals surface area contributed by atoms with Crippen molar-refractivity contribution >= 4 is 23.0 Å². The number of hydrazone groups is 1. The van der Waals surface area contributed by atoms with E-state index in [1.54, 1.807) is 0 Å². The molecule has 3 fully saturated rings. The zero-order valence-corrected chi connectivity index (χ0v) is 11.1. The van der Waals surface area contributed by atoms with Gasteiger partial charge in [-0.15, -0.1) is 0 Å². The van der Waals surface area contributed by atoms with Gasteiger partial charge in [0, 0.05) is 11.8 Å². The molecule has 0 heterocycles. The van der Waals surface area contributed by atoms with E-state index in [9.17, 15) is 0 Å². The lowest BCUT2D eigenvalue weighted by molar-refractivity contribution is 0.389. The summed E-state index contributed by atoms with van der Waals surface area (Å²) in [6.07, 6.45) is 10.4. The largest absolute Gasteiger partial charge is 0.358 e. The second-order valence-corrected chi connectivity index (χ2v) is 6.16. The van der Waals surface area contributed by atoms with E-state index < -0.39 is 0 Å². The molecule has 3 aliphatic rings. The lowest BCUT2D eigenvalue weighted by Crippen LogP contribution is -2.42. The summed E-state index contributed by atoms with van der Waals surface area (Å²) in [6.45, 7) is 0. The lowest BCUT2D eigenvalue weighted by Gasteiger charge is -2.23. The van der Waals surface area contributed by atoms with Crippen molar-refractivity contribution in [3.8, 4) is 0 Å². The number of nitrogens with zero attached hydrogens (tertiary/aromatic N) is 1. The lowest BCUT2D eigenvalue weighted by atomic mass is 9.96. The molecule has 0 aromatic carbocycles. The normalized spacial score (nSPS) is 35.1. The summed E-state index contributed by atoms with van der Waals surface area (Å²) >= 11 is 5.31. The number of rotatable bonds is 2. The van der Waals surface area contributed by atoms with Gasteiger partial charge in [0.15, 0.2) is 5.11 Å². The summed E-state index contributed by atoms with van der Waals surface area (Å²) in [7, 11) is 0. The van der Waals surface area contributed by atoms with E-state index in [1.165, 1.54) is 44.2 Å². The second-order valence-electron chi connectivity index (χ2n) is 5.75. The van der Waals surface area contributed by atoms with Gasteiger partial charge >= 0.3 is 0 Å². The van der Waals surface area contributed by atoms with Crippen LogP contribution in [0, 0.1) is 11.8 Å². The summed E-state index contributed by atoms with van der Waals surface area (Å²) in [6, 6.07) is 0.609. The smallest absolute Gasteiger partial charge is 0.187 e. The zero-order valence-electron chi connectivity index (χ0n) is 10.2. The first-order valence-corrected chi connectivity index (χ1v) is 7.34. The van der Waals surface area contributed by atoms with Crippen LogP contribution in [-0.4, -0.2) is 16.9 Å². The van der Waals surface area contributed by atoms with Crippen LogP contribution >= 0.6 is 12.2 Å². The van der Waals surface area contributed by atoms with Gasteiger partial charge in [-0.3, -0.25) is 5.43 Å². The predicted octanol–water partition coefficient (Wildman–Crippen LogP) is 2.57. The molecule has 0 spiro atoms. The van der Waals surface area contributed by atoms with E-state index in [2.05, 4.69) is 15.8 Å². The third-order valence-corrected chi connectivity index (χ3v) is 4.76. The Balaban J connectivity index is 1.45. The minimum absolute atomic E-state index is 0.609. The van der Waals surface area contributed by atoms with E-state index in [4.69, 9.17) is 12.2 Å². The van der Waals surface area contributed by atoms with Gasteiger partial charge in [0.1, 0.15) is 0 Å². The van der Waals surface area contributed by atoms with Gasteiger partial charge in [-0.2, -0.15) is 5.10 Å². The summed E-state index contributed by atoms with van der Waals surface area (Å²) in [5.74, 6) is 1.82. The number of thiocarbonyl (C=S) groups is 1. The molecule has 2 bridgehead atoms. The molecule has 0 amide bonds. The van der Waals surface area contributed by atoms with E-state index in [-0.39, 0.29) is 0 Å². The fourth-order valence-corrected chi connectivity index (χ4v) is 3.84. The number of hydrogen-bond donors (Lipinski definition) is 2. The van der Waals surface area contributed by atoms with Crippen LogP contribution in [0.25, 0.3) is 0 Å². The minimum Gasteiger partial charge on any atom is -0.358 e. The van der Waals surface area contributed by atoms with Crippen molar-refractivity contribution in [2.24, 2.45) is 16.9 Å². The predicted molar refractivity (Wildman–Crippen MR) is 74.0 cm³/mol. The summed E-state index contributed by atoms with van der Waals surface area (Å²) in [5, 5.41) is 8.56. The van der Waals surface area contributed by atoms with Gasteiger partial charge in [0.25, 0.3) is 0 Å². The van der Waals surface area contributed by atoms with Gasteiger partial charge in [0.05, 0.1) is 0 Å². The number of hydrogen-bond acceptors (Lipinski definition) is 2. The first-order valence-electron chi connectivity index (χ1n) is 6.93. The van der Waals surface area contributed by atoms with E-state index in [0.29, 0.717) is 6.04 Å². The number of fused-ring (bicyclic) bond motifs is 2. The Hall–Kier alpha value is -0.640.